The Bertz CT molecular complexity index is 1230. The molecule has 152 valence electrons. The van der Waals surface area contributed by atoms with Gasteiger partial charge in [-0.15, -0.1) is 11.3 Å². The van der Waals surface area contributed by atoms with Crippen LogP contribution in [0.3, 0.4) is 0 Å². The highest BCUT2D eigenvalue weighted by atomic mass is 32.1. The van der Waals surface area contributed by atoms with E-state index in [2.05, 4.69) is 45.0 Å². The van der Waals surface area contributed by atoms with E-state index < -0.39 is 0 Å². The number of hydrogen-bond donors (Lipinski definition) is 1. The molecule has 6 heteroatoms. The minimum atomic E-state index is -0.0992. The second-order valence-electron chi connectivity index (χ2n) is 8.19. The average molecular weight is 417 g/mol. The van der Waals surface area contributed by atoms with Crippen LogP contribution < -0.4 is 5.56 Å². The molecule has 1 fully saturated rings. The summed E-state index contributed by atoms with van der Waals surface area (Å²) in [6, 6.07) is 12.2. The molecule has 3 aromatic heterocycles. The van der Waals surface area contributed by atoms with E-state index in [0.29, 0.717) is 11.3 Å². The van der Waals surface area contributed by atoms with Crippen LogP contribution in [0, 0.1) is 5.92 Å². The van der Waals surface area contributed by atoms with Gasteiger partial charge in [-0.2, -0.15) is 0 Å². The van der Waals surface area contributed by atoms with Crippen LogP contribution in [0.4, 0.5) is 0 Å². The van der Waals surface area contributed by atoms with Crippen molar-refractivity contribution in [3.63, 3.8) is 0 Å². The molecule has 1 aromatic carbocycles. The molecule has 30 heavy (non-hydrogen) atoms. The fourth-order valence-corrected chi connectivity index (χ4v) is 5.08. The summed E-state index contributed by atoms with van der Waals surface area (Å²) in [6.07, 6.45) is 6.09. The number of rotatable bonds is 4. The number of nitrogens with one attached hydrogen (secondary N) is 1. The summed E-state index contributed by atoms with van der Waals surface area (Å²) in [6.45, 7) is 5.56. The fourth-order valence-electron chi connectivity index (χ4n) is 4.25. The number of H-pyrrole nitrogens is 1. The summed E-state index contributed by atoms with van der Waals surface area (Å²) in [5.74, 6) is 0.761. The van der Waals surface area contributed by atoms with E-state index in [0.717, 1.165) is 47.0 Å². The Balaban J connectivity index is 1.43. The van der Waals surface area contributed by atoms with Crippen molar-refractivity contribution in [1.82, 2.24) is 19.9 Å². The molecule has 0 aliphatic carbocycles. The van der Waals surface area contributed by atoms with Gasteiger partial charge in [0.15, 0.2) is 0 Å². The zero-order chi connectivity index (χ0) is 20.5. The van der Waals surface area contributed by atoms with Gasteiger partial charge in [0.1, 0.15) is 5.01 Å². The normalized spacial score (nSPS) is 17.4. The van der Waals surface area contributed by atoms with Crippen LogP contribution in [-0.2, 0) is 6.54 Å². The van der Waals surface area contributed by atoms with Crippen molar-refractivity contribution in [2.75, 3.05) is 13.1 Å². The monoisotopic (exact) mass is 416 g/mol. The van der Waals surface area contributed by atoms with E-state index in [1.165, 1.54) is 29.7 Å². The van der Waals surface area contributed by atoms with Crippen LogP contribution in [0.25, 0.3) is 32.7 Å². The Morgan fingerprint density at radius 2 is 2.07 bits per heavy atom. The Hall–Kier alpha value is -2.83. The number of nitrogens with zero attached hydrogens (tertiary/aromatic N) is 3. The molecule has 1 atom stereocenters. The SMILES string of the molecule is CC1CCCN(Cc2ccc3cc(-c4csc(-c5ccncc5)n4)c(=O)[nH]c3c2)C1. The molecule has 5 nitrogen and oxygen atoms in total. The number of likely N-dealkylation sites (tertiary alicyclic amines) is 1. The smallest absolute Gasteiger partial charge is 0.257 e. The van der Waals surface area contributed by atoms with Gasteiger partial charge in [-0.05, 0) is 60.5 Å². The van der Waals surface area contributed by atoms with Crippen molar-refractivity contribution in [3.05, 3.63) is 70.1 Å². The van der Waals surface area contributed by atoms with E-state index in [-0.39, 0.29) is 5.56 Å². The van der Waals surface area contributed by atoms with Crippen LogP contribution in [0.1, 0.15) is 25.3 Å². The number of benzene rings is 1. The van der Waals surface area contributed by atoms with E-state index in [1.807, 2.05) is 23.6 Å². The highest BCUT2D eigenvalue weighted by Gasteiger charge is 2.17. The second kappa shape index (κ2) is 8.13. The fraction of sp³-hybridized carbons (Fsp3) is 0.292. The van der Waals surface area contributed by atoms with Crippen LogP contribution in [-0.4, -0.2) is 32.9 Å². The van der Waals surface area contributed by atoms with E-state index in [9.17, 15) is 4.79 Å². The van der Waals surface area contributed by atoms with Gasteiger partial charge in [0.2, 0.25) is 0 Å². The van der Waals surface area contributed by atoms with Crippen LogP contribution in [0.15, 0.2) is 59.0 Å². The number of fused-ring (bicyclic) bond motifs is 1. The third-order valence-corrected chi connectivity index (χ3v) is 6.66. The molecule has 1 saturated heterocycles. The maximum atomic E-state index is 12.8. The standard InChI is InChI=1S/C24H24N4OS/c1-16-3-2-10-28(13-16)14-17-4-5-19-12-20(23(29)26-21(19)11-17)22-15-30-24(27-22)18-6-8-25-9-7-18/h4-9,11-12,15-16H,2-3,10,13-14H2,1H3,(H,26,29). The summed E-state index contributed by atoms with van der Waals surface area (Å²) < 4.78 is 0. The van der Waals surface area contributed by atoms with Gasteiger partial charge in [0.05, 0.1) is 11.3 Å². The number of hydrogen-bond acceptors (Lipinski definition) is 5. The summed E-state index contributed by atoms with van der Waals surface area (Å²) in [4.78, 5) is 27.1. The quantitative estimate of drug-likeness (QED) is 0.512. The van der Waals surface area contributed by atoms with Crippen LogP contribution in [0.2, 0.25) is 0 Å². The number of thiazole rings is 1. The molecular formula is C24H24N4OS. The molecule has 0 amide bonds. The zero-order valence-corrected chi connectivity index (χ0v) is 17.8. The van der Waals surface area contributed by atoms with Crippen molar-refractivity contribution >= 4 is 22.2 Å². The topological polar surface area (TPSA) is 61.9 Å². The van der Waals surface area contributed by atoms with Crippen molar-refractivity contribution in [3.8, 4) is 21.8 Å². The maximum Gasteiger partial charge on any atom is 0.257 e. The Kier molecular flexibility index (Phi) is 5.19. The molecule has 0 radical (unpaired) electrons. The molecular weight excluding hydrogens is 392 g/mol. The number of piperidine rings is 1. The minimum absolute atomic E-state index is 0.0992. The lowest BCUT2D eigenvalue weighted by atomic mass is 9.99. The van der Waals surface area contributed by atoms with Crippen molar-refractivity contribution in [1.29, 1.82) is 0 Å². The van der Waals surface area contributed by atoms with Gasteiger partial charge in [-0.3, -0.25) is 14.7 Å². The molecule has 4 aromatic rings. The Labute approximate surface area is 179 Å². The van der Waals surface area contributed by atoms with Crippen molar-refractivity contribution in [2.24, 2.45) is 5.92 Å². The van der Waals surface area contributed by atoms with Gasteiger partial charge < -0.3 is 4.98 Å². The molecule has 1 N–H and O–H groups in total. The maximum absolute atomic E-state index is 12.8. The molecule has 0 spiro atoms. The highest BCUT2D eigenvalue weighted by Crippen LogP contribution is 2.28. The first-order valence-electron chi connectivity index (χ1n) is 10.4. The summed E-state index contributed by atoms with van der Waals surface area (Å²) in [5.41, 5.74) is 4.36. The minimum Gasteiger partial charge on any atom is -0.321 e. The van der Waals surface area contributed by atoms with Crippen molar-refractivity contribution in [2.45, 2.75) is 26.3 Å². The molecule has 0 bridgehead atoms. The first-order chi connectivity index (χ1) is 14.7. The van der Waals surface area contributed by atoms with Gasteiger partial charge in [-0.25, -0.2) is 4.98 Å². The van der Waals surface area contributed by atoms with Gasteiger partial charge in [-0.1, -0.05) is 19.1 Å². The van der Waals surface area contributed by atoms with Gasteiger partial charge >= 0.3 is 0 Å². The first kappa shape index (κ1) is 19.2. The summed E-state index contributed by atoms with van der Waals surface area (Å²) in [5, 5.41) is 3.86. The zero-order valence-electron chi connectivity index (χ0n) is 17.0. The highest BCUT2D eigenvalue weighted by molar-refractivity contribution is 7.13. The number of aromatic nitrogens is 3. The molecule has 1 aliphatic rings. The Morgan fingerprint density at radius 3 is 2.90 bits per heavy atom. The lowest BCUT2D eigenvalue weighted by Gasteiger charge is -2.30. The Morgan fingerprint density at radius 1 is 1.20 bits per heavy atom. The van der Waals surface area contributed by atoms with Crippen molar-refractivity contribution < 1.29 is 0 Å². The third kappa shape index (κ3) is 3.93. The van der Waals surface area contributed by atoms with Crippen LogP contribution >= 0.6 is 11.3 Å². The predicted molar refractivity (Wildman–Crippen MR) is 123 cm³/mol. The largest absolute Gasteiger partial charge is 0.321 e. The van der Waals surface area contributed by atoms with Crippen LogP contribution in [0.5, 0.6) is 0 Å². The average Bonchev–Trinajstić information content (AvgIpc) is 3.24. The molecule has 4 heterocycles. The lowest BCUT2D eigenvalue weighted by Crippen LogP contribution is -2.33. The van der Waals surface area contributed by atoms with Gasteiger partial charge in [0.25, 0.3) is 5.56 Å². The molecule has 5 rings (SSSR count). The number of pyridine rings is 2. The van der Waals surface area contributed by atoms with Gasteiger partial charge in [0, 0.05) is 41.9 Å². The molecule has 0 saturated carbocycles. The summed E-state index contributed by atoms with van der Waals surface area (Å²) in [7, 11) is 0. The molecule has 1 unspecified atom stereocenters. The molecule has 1 aliphatic heterocycles. The third-order valence-electron chi connectivity index (χ3n) is 5.77. The second-order valence-corrected chi connectivity index (χ2v) is 9.05. The first-order valence-corrected chi connectivity index (χ1v) is 11.3. The lowest BCUT2D eigenvalue weighted by molar-refractivity contribution is 0.176. The van der Waals surface area contributed by atoms with E-state index in [1.54, 1.807) is 12.4 Å². The predicted octanol–water partition coefficient (Wildman–Crippen LogP) is 4.95. The van der Waals surface area contributed by atoms with E-state index in [4.69, 9.17) is 0 Å². The number of aromatic amines is 1. The summed E-state index contributed by atoms with van der Waals surface area (Å²) >= 11 is 1.54. The van der Waals surface area contributed by atoms with E-state index >= 15 is 0 Å².